The summed E-state index contributed by atoms with van der Waals surface area (Å²) in [6.45, 7) is 8.43. The van der Waals surface area contributed by atoms with Crippen molar-refractivity contribution in [2.24, 2.45) is 5.92 Å². The van der Waals surface area contributed by atoms with E-state index < -0.39 is 5.67 Å². The molecule has 38 heavy (non-hydrogen) atoms. The monoisotopic (exact) mass is 517 g/mol. The molecule has 5 rings (SSSR count). The van der Waals surface area contributed by atoms with E-state index >= 15 is 0 Å². The van der Waals surface area contributed by atoms with Crippen LogP contribution in [0.1, 0.15) is 66.8 Å². The van der Waals surface area contributed by atoms with Crippen molar-refractivity contribution in [1.29, 1.82) is 0 Å². The molecule has 3 aromatic rings. The summed E-state index contributed by atoms with van der Waals surface area (Å²) in [5.74, 6) is 0.382. The SMILES string of the molecule is CCN1C(=O)C2CCOCCC2c2cc(-c3cc(NC(=O)c4ccnc(C(C)(C)F)c4)cnc3C)cnc21. The van der Waals surface area contributed by atoms with Crippen LogP contribution in [0.2, 0.25) is 0 Å². The number of anilines is 2. The van der Waals surface area contributed by atoms with E-state index in [1.165, 1.54) is 26.1 Å². The highest BCUT2D eigenvalue weighted by Gasteiger charge is 2.41. The van der Waals surface area contributed by atoms with Crippen LogP contribution in [0.4, 0.5) is 15.9 Å². The van der Waals surface area contributed by atoms with E-state index in [4.69, 9.17) is 9.72 Å². The second-order valence-corrected chi connectivity index (χ2v) is 10.3. The van der Waals surface area contributed by atoms with Gasteiger partial charge in [-0.15, -0.1) is 0 Å². The number of hydrogen-bond acceptors (Lipinski definition) is 6. The number of alkyl halides is 1. The topological polar surface area (TPSA) is 97.3 Å². The molecule has 0 radical (unpaired) electrons. The van der Waals surface area contributed by atoms with Crippen molar-refractivity contribution in [2.45, 2.75) is 52.1 Å². The lowest BCUT2D eigenvalue weighted by atomic mass is 9.78. The van der Waals surface area contributed by atoms with Crippen LogP contribution in [0, 0.1) is 12.8 Å². The van der Waals surface area contributed by atoms with Gasteiger partial charge in [0.25, 0.3) is 5.91 Å². The van der Waals surface area contributed by atoms with E-state index in [9.17, 15) is 14.0 Å². The van der Waals surface area contributed by atoms with Crippen LogP contribution in [-0.4, -0.2) is 46.5 Å². The molecular formula is C29H32FN5O3. The first kappa shape index (κ1) is 25.9. The number of amides is 2. The Hall–Kier alpha value is -3.72. The van der Waals surface area contributed by atoms with Crippen molar-refractivity contribution in [2.75, 3.05) is 30.0 Å². The summed E-state index contributed by atoms with van der Waals surface area (Å²) >= 11 is 0. The number of carbonyl (C=O) groups excluding carboxylic acids is 2. The average Bonchev–Trinajstić information content (AvgIpc) is 3.16. The van der Waals surface area contributed by atoms with Crippen molar-refractivity contribution < 1.29 is 18.7 Å². The molecule has 0 aliphatic carbocycles. The van der Waals surface area contributed by atoms with Gasteiger partial charge in [0, 0.05) is 66.4 Å². The molecule has 9 heteroatoms. The van der Waals surface area contributed by atoms with Gasteiger partial charge in [-0.05, 0) is 70.4 Å². The van der Waals surface area contributed by atoms with Crippen LogP contribution in [-0.2, 0) is 15.2 Å². The zero-order valence-corrected chi connectivity index (χ0v) is 22.1. The Balaban J connectivity index is 1.48. The lowest BCUT2D eigenvalue weighted by Gasteiger charge is -2.37. The summed E-state index contributed by atoms with van der Waals surface area (Å²) in [6, 6.07) is 6.98. The van der Waals surface area contributed by atoms with Crippen LogP contribution < -0.4 is 10.2 Å². The van der Waals surface area contributed by atoms with Gasteiger partial charge < -0.3 is 10.1 Å². The lowest BCUT2D eigenvalue weighted by Crippen LogP contribution is -2.44. The first-order chi connectivity index (χ1) is 18.2. The van der Waals surface area contributed by atoms with E-state index in [0.717, 1.165) is 28.8 Å². The van der Waals surface area contributed by atoms with Crippen molar-refractivity contribution >= 4 is 23.3 Å². The Bertz CT molecular complexity index is 1390. The van der Waals surface area contributed by atoms with Gasteiger partial charge in [0.15, 0.2) is 0 Å². The zero-order chi connectivity index (χ0) is 27.0. The molecule has 5 heterocycles. The minimum Gasteiger partial charge on any atom is -0.381 e. The van der Waals surface area contributed by atoms with Crippen LogP contribution in [0.15, 0.2) is 42.9 Å². The molecule has 0 spiro atoms. The quantitative estimate of drug-likeness (QED) is 0.501. The Morgan fingerprint density at radius 3 is 2.63 bits per heavy atom. The van der Waals surface area contributed by atoms with Crippen LogP contribution in [0.25, 0.3) is 11.1 Å². The Morgan fingerprint density at radius 2 is 1.89 bits per heavy atom. The number of halogens is 1. The molecule has 2 aliphatic rings. The molecule has 0 aromatic carbocycles. The highest BCUT2D eigenvalue weighted by molar-refractivity contribution is 6.04. The number of rotatable bonds is 5. The molecule has 1 N–H and O–H groups in total. The second-order valence-electron chi connectivity index (χ2n) is 10.3. The molecule has 2 unspecified atom stereocenters. The molecule has 1 saturated heterocycles. The molecular weight excluding hydrogens is 485 g/mol. The van der Waals surface area contributed by atoms with E-state index in [-0.39, 0.29) is 29.3 Å². The molecule has 0 bridgehead atoms. The fraction of sp³-hybridized carbons (Fsp3) is 0.414. The summed E-state index contributed by atoms with van der Waals surface area (Å²) in [5, 5.41) is 2.87. The van der Waals surface area contributed by atoms with Gasteiger partial charge in [-0.2, -0.15) is 0 Å². The Labute approximate surface area is 221 Å². The van der Waals surface area contributed by atoms with E-state index in [1.54, 1.807) is 23.4 Å². The van der Waals surface area contributed by atoms with Gasteiger partial charge in [-0.3, -0.25) is 24.5 Å². The smallest absolute Gasteiger partial charge is 0.255 e. The predicted molar refractivity (Wildman–Crippen MR) is 143 cm³/mol. The third-order valence-electron chi connectivity index (χ3n) is 7.37. The number of nitrogens with one attached hydrogen (secondary N) is 1. The minimum atomic E-state index is -1.66. The maximum Gasteiger partial charge on any atom is 0.255 e. The molecule has 198 valence electrons. The lowest BCUT2D eigenvalue weighted by molar-refractivity contribution is -0.123. The van der Waals surface area contributed by atoms with Gasteiger partial charge in [-0.25, -0.2) is 9.37 Å². The van der Waals surface area contributed by atoms with Crippen molar-refractivity contribution in [1.82, 2.24) is 15.0 Å². The van der Waals surface area contributed by atoms with E-state index in [0.29, 0.717) is 43.2 Å². The molecule has 2 atom stereocenters. The number of carbonyl (C=O) groups is 2. The number of fused-ring (bicyclic) bond motifs is 3. The van der Waals surface area contributed by atoms with E-state index in [1.807, 2.05) is 19.9 Å². The summed E-state index contributed by atoms with van der Waals surface area (Å²) in [4.78, 5) is 41.2. The molecule has 8 nitrogen and oxygen atoms in total. The first-order valence-corrected chi connectivity index (χ1v) is 13.0. The summed E-state index contributed by atoms with van der Waals surface area (Å²) < 4.78 is 20.1. The number of hydrogen-bond donors (Lipinski definition) is 1. The Kier molecular flexibility index (Phi) is 6.96. The molecule has 2 aliphatic heterocycles. The highest BCUT2D eigenvalue weighted by atomic mass is 19.1. The molecule has 0 saturated carbocycles. The van der Waals surface area contributed by atoms with Crippen LogP contribution in [0.3, 0.4) is 0 Å². The van der Waals surface area contributed by atoms with Crippen molar-refractivity contribution in [3.8, 4) is 11.1 Å². The number of aryl methyl sites for hydroxylation is 1. The third-order valence-corrected chi connectivity index (χ3v) is 7.37. The first-order valence-electron chi connectivity index (χ1n) is 13.0. The Morgan fingerprint density at radius 1 is 1.13 bits per heavy atom. The maximum absolute atomic E-state index is 14.4. The average molecular weight is 518 g/mol. The largest absolute Gasteiger partial charge is 0.381 e. The summed E-state index contributed by atoms with van der Waals surface area (Å²) in [7, 11) is 0. The van der Waals surface area contributed by atoms with Crippen molar-refractivity contribution in [3.05, 3.63) is 65.4 Å². The van der Waals surface area contributed by atoms with E-state index in [2.05, 4.69) is 21.4 Å². The zero-order valence-electron chi connectivity index (χ0n) is 22.1. The summed E-state index contributed by atoms with van der Waals surface area (Å²) in [5.41, 5.74) is 2.89. The highest BCUT2D eigenvalue weighted by Crippen LogP contribution is 2.44. The van der Waals surface area contributed by atoms with Crippen LogP contribution in [0.5, 0.6) is 0 Å². The maximum atomic E-state index is 14.4. The predicted octanol–water partition coefficient (Wildman–Crippen LogP) is 5.18. The number of nitrogens with zero attached hydrogens (tertiary/aromatic N) is 4. The standard InChI is InChI=1S/C29H32FN5O3/c1-5-35-26-24(21-7-10-38-11-8-22(21)28(35)37)12-19(15-33-26)23-14-20(16-32-17(23)2)34-27(36)18-6-9-31-25(13-18)29(3,4)30/h6,9,12-16,21-22H,5,7-8,10-11H2,1-4H3,(H,34,36). The fourth-order valence-corrected chi connectivity index (χ4v) is 5.32. The van der Waals surface area contributed by atoms with Gasteiger partial charge in [0.1, 0.15) is 11.5 Å². The normalized spacial score (nSPS) is 19.4. The second kappa shape index (κ2) is 10.2. The van der Waals surface area contributed by atoms with Gasteiger partial charge in [0.05, 0.1) is 17.6 Å². The molecule has 2 amide bonds. The minimum absolute atomic E-state index is 0.0482. The number of aromatic nitrogens is 3. The molecule has 1 fully saturated rings. The molecule has 3 aromatic heterocycles. The number of ether oxygens (including phenoxy) is 1. The van der Waals surface area contributed by atoms with Gasteiger partial charge in [-0.1, -0.05) is 0 Å². The third kappa shape index (κ3) is 4.90. The summed E-state index contributed by atoms with van der Waals surface area (Å²) in [6.07, 6.45) is 6.25. The van der Waals surface area contributed by atoms with Gasteiger partial charge in [0.2, 0.25) is 5.91 Å². The number of pyridine rings is 3. The van der Waals surface area contributed by atoms with Crippen molar-refractivity contribution in [3.63, 3.8) is 0 Å². The van der Waals surface area contributed by atoms with Gasteiger partial charge >= 0.3 is 0 Å². The fourth-order valence-electron chi connectivity index (χ4n) is 5.32. The van der Waals surface area contributed by atoms with Crippen LogP contribution >= 0.6 is 0 Å².